The monoisotopic (exact) mass is 238 g/mol. The van der Waals surface area contributed by atoms with Gasteiger partial charge in [-0.3, -0.25) is 0 Å². The molecule has 0 nitrogen and oxygen atoms in total. The van der Waals surface area contributed by atoms with Gasteiger partial charge in [0.1, 0.15) is 0 Å². The third kappa shape index (κ3) is 2.44. The van der Waals surface area contributed by atoms with Crippen LogP contribution in [0.5, 0.6) is 0 Å². The average molecular weight is 239 g/mol. The van der Waals surface area contributed by atoms with Crippen LogP contribution >= 0.6 is 15.9 Å². The maximum absolute atomic E-state index is 3.82. The van der Waals surface area contributed by atoms with Crippen molar-refractivity contribution < 1.29 is 0 Å². The molecule has 1 rings (SSSR count). The van der Waals surface area contributed by atoms with E-state index < -0.39 is 0 Å². The fraction of sp³-hybridized carbons (Fsp3) is 0.333. The van der Waals surface area contributed by atoms with E-state index in [0.29, 0.717) is 5.92 Å². The maximum Gasteiger partial charge on any atom is 0.0178 e. The third-order valence-corrected chi connectivity index (χ3v) is 2.82. The summed E-state index contributed by atoms with van der Waals surface area (Å²) in [5, 5.41) is 0. The first-order chi connectivity index (χ1) is 6.19. The minimum absolute atomic E-state index is 0.447. The van der Waals surface area contributed by atoms with Crippen molar-refractivity contribution in [2.75, 3.05) is 0 Å². The first-order valence-corrected chi connectivity index (χ1v) is 5.39. The quantitative estimate of drug-likeness (QED) is 0.690. The van der Waals surface area contributed by atoms with E-state index in [9.17, 15) is 0 Å². The molecule has 0 radical (unpaired) electrons. The van der Waals surface area contributed by atoms with Crippen LogP contribution in [0.3, 0.4) is 0 Å². The molecule has 0 aliphatic carbocycles. The van der Waals surface area contributed by atoms with Gasteiger partial charge in [0.05, 0.1) is 0 Å². The zero-order valence-electron chi connectivity index (χ0n) is 8.18. The number of aryl methyl sites for hydroxylation is 1. The Morgan fingerprint density at radius 2 is 2.23 bits per heavy atom. The summed E-state index contributed by atoms with van der Waals surface area (Å²) in [6.07, 6.45) is 3.06. The zero-order valence-corrected chi connectivity index (χ0v) is 9.76. The van der Waals surface area contributed by atoms with Gasteiger partial charge < -0.3 is 0 Å². The van der Waals surface area contributed by atoms with Crippen molar-refractivity contribution in [3.63, 3.8) is 0 Å². The van der Waals surface area contributed by atoms with Crippen molar-refractivity contribution in [1.29, 1.82) is 0 Å². The lowest BCUT2D eigenvalue weighted by Gasteiger charge is -2.12. The van der Waals surface area contributed by atoms with Crippen LogP contribution in [0.15, 0.2) is 35.3 Å². The summed E-state index contributed by atoms with van der Waals surface area (Å²) in [6.45, 7) is 8.18. The largest absolute Gasteiger partial charge is 0.102 e. The summed E-state index contributed by atoms with van der Waals surface area (Å²) in [5.41, 5.74) is 2.79. The summed E-state index contributed by atoms with van der Waals surface area (Å²) in [5.74, 6) is 0.447. The van der Waals surface area contributed by atoms with Gasteiger partial charge in [0.25, 0.3) is 0 Å². The van der Waals surface area contributed by atoms with E-state index in [4.69, 9.17) is 0 Å². The highest BCUT2D eigenvalue weighted by Crippen LogP contribution is 2.24. The standard InChI is InChI=1S/C12H15Br/c1-4-9(3)12-7-6-11(13)8-10(12)5-2/h4,6-9H,1,5H2,2-3H3/t9-/m0/s1. The average Bonchev–Trinajstić information content (AvgIpc) is 2.16. The number of benzene rings is 1. The Balaban J connectivity index is 3.12. The van der Waals surface area contributed by atoms with E-state index in [1.807, 2.05) is 6.08 Å². The highest BCUT2D eigenvalue weighted by Gasteiger charge is 2.06. The van der Waals surface area contributed by atoms with Gasteiger partial charge in [0.15, 0.2) is 0 Å². The number of allylic oxidation sites excluding steroid dienone is 1. The van der Waals surface area contributed by atoms with Crippen molar-refractivity contribution in [2.24, 2.45) is 0 Å². The molecule has 0 saturated heterocycles. The third-order valence-electron chi connectivity index (χ3n) is 2.33. The fourth-order valence-corrected chi connectivity index (χ4v) is 1.86. The van der Waals surface area contributed by atoms with Gasteiger partial charge >= 0.3 is 0 Å². The molecular weight excluding hydrogens is 224 g/mol. The summed E-state index contributed by atoms with van der Waals surface area (Å²) < 4.78 is 1.16. The van der Waals surface area contributed by atoms with Gasteiger partial charge in [-0.25, -0.2) is 0 Å². The molecule has 0 heterocycles. The maximum atomic E-state index is 3.82. The van der Waals surface area contributed by atoms with Crippen LogP contribution in [-0.2, 0) is 6.42 Å². The van der Waals surface area contributed by atoms with Crippen LogP contribution in [0, 0.1) is 0 Å². The first-order valence-electron chi connectivity index (χ1n) is 4.60. The Labute approximate surface area is 88.8 Å². The second kappa shape index (κ2) is 4.61. The molecule has 0 aromatic heterocycles. The molecule has 1 aromatic rings. The van der Waals surface area contributed by atoms with Gasteiger partial charge in [0, 0.05) is 4.47 Å². The second-order valence-electron chi connectivity index (χ2n) is 3.22. The molecule has 1 atom stereocenters. The molecule has 0 fully saturated rings. The molecule has 0 saturated carbocycles. The summed E-state index contributed by atoms with van der Waals surface area (Å²) in [4.78, 5) is 0. The number of rotatable bonds is 3. The summed E-state index contributed by atoms with van der Waals surface area (Å²) in [6, 6.07) is 6.46. The molecule has 0 N–H and O–H groups in total. The van der Waals surface area contributed by atoms with Gasteiger partial charge in [-0.2, -0.15) is 0 Å². The van der Waals surface area contributed by atoms with E-state index in [0.717, 1.165) is 10.9 Å². The second-order valence-corrected chi connectivity index (χ2v) is 4.14. The molecule has 0 amide bonds. The highest BCUT2D eigenvalue weighted by molar-refractivity contribution is 9.10. The zero-order chi connectivity index (χ0) is 9.84. The topological polar surface area (TPSA) is 0 Å². The summed E-state index contributed by atoms with van der Waals surface area (Å²) in [7, 11) is 0. The van der Waals surface area contributed by atoms with Crippen LogP contribution in [0.4, 0.5) is 0 Å². The number of halogens is 1. The molecule has 1 heteroatoms. The minimum atomic E-state index is 0.447. The van der Waals surface area contributed by atoms with Gasteiger partial charge in [-0.05, 0) is 35.6 Å². The Hall–Kier alpha value is -0.560. The lowest BCUT2D eigenvalue weighted by molar-refractivity contribution is 0.930. The van der Waals surface area contributed by atoms with E-state index >= 15 is 0 Å². The lowest BCUT2D eigenvalue weighted by atomic mass is 9.95. The Morgan fingerprint density at radius 3 is 2.77 bits per heavy atom. The van der Waals surface area contributed by atoms with Gasteiger partial charge in [0.2, 0.25) is 0 Å². The van der Waals surface area contributed by atoms with E-state index in [1.165, 1.54) is 11.1 Å². The Morgan fingerprint density at radius 1 is 1.54 bits per heavy atom. The van der Waals surface area contributed by atoms with Crippen LogP contribution < -0.4 is 0 Å². The number of hydrogen-bond acceptors (Lipinski definition) is 0. The first kappa shape index (κ1) is 10.5. The van der Waals surface area contributed by atoms with Gasteiger partial charge in [-0.15, -0.1) is 6.58 Å². The predicted octanol–water partition coefficient (Wildman–Crippen LogP) is 4.30. The van der Waals surface area contributed by atoms with Crippen molar-refractivity contribution in [3.8, 4) is 0 Å². The SMILES string of the molecule is C=C[C@H](C)c1ccc(Br)cc1CC. The summed E-state index contributed by atoms with van der Waals surface area (Å²) >= 11 is 3.48. The Bertz CT molecular complexity index is 302. The van der Waals surface area contributed by atoms with Crippen molar-refractivity contribution >= 4 is 15.9 Å². The molecule has 70 valence electrons. The highest BCUT2D eigenvalue weighted by atomic mass is 79.9. The van der Waals surface area contributed by atoms with Crippen LogP contribution in [0.1, 0.15) is 30.9 Å². The number of hydrogen-bond donors (Lipinski definition) is 0. The predicted molar refractivity (Wildman–Crippen MR) is 62.1 cm³/mol. The molecule has 0 aliphatic rings. The molecule has 0 aliphatic heterocycles. The smallest absolute Gasteiger partial charge is 0.0178 e. The van der Waals surface area contributed by atoms with Crippen molar-refractivity contribution in [3.05, 3.63) is 46.5 Å². The van der Waals surface area contributed by atoms with E-state index in [1.54, 1.807) is 0 Å². The van der Waals surface area contributed by atoms with Crippen molar-refractivity contribution in [1.82, 2.24) is 0 Å². The van der Waals surface area contributed by atoms with E-state index in [2.05, 4.69) is 54.6 Å². The Kier molecular flexibility index (Phi) is 3.73. The van der Waals surface area contributed by atoms with E-state index in [-0.39, 0.29) is 0 Å². The molecular formula is C12H15Br. The van der Waals surface area contributed by atoms with Crippen LogP contribution in [0.2, 0.25) is 0 Å². The molecule has 1 aromatic carbocycles. The van der Waals surface area contributed by atoms with Crippen LogP contribution in [0.25, 0.3) is 0 Å². The molecule has 0 unspecified atom stereocenters. The molecule has 0 spiro atoms. The van der Waals surface area contributed by atoms with Gasteiger partial charge in [-0.1, -0.05) is 41.9 Å². The van der Waals surface area contributed by atoms with Crippen LogP contribution in [-0.4, -0.2) is 0 Å². The lowest BCUT2D eigenvalue weighted by Crippen LogP contribution is -1.95. The molecule has 0 bridgehead atoms. The normalized spacial score (nSPS) is 12.5. The minimum Gasteiger partial charge on any atom is -0.102 e. The fourth-order valence-electron chi connectivity index (χ4n) is 1.45. The molecule has 13 heavy (non-hydrogen) atoms. The van der Waals surface area contributed by atoms with Crippen molar-refractivity contribution in [2.45, 2.75) is 26.2 Å².